The molecule has 3 heterocycles. The Kier molecular flexibility index (Phi) is 6.54. The van der Waals surface area contributed by atoms with Gasteiger partial charge in [0.1, 0.15) is 0 Å². The summed E-state index contributed by atoms with van der Waals surface area (Å²) in [4.78, 5) is 2.29. The number of hydrogen-bond acceptors (Lipinski definition) is 3. The lowest BCUT2D eigenvalue weighted by atomic mass is 10.1. The van der Waals surface area contributed by atoms with Crippen LogP contribution in [0, 0.1) is 0 Å². The van der Waals surface area contributed by atoms with Crippen LogP contribution in [-0.4, -0.2) is 9.13 Å². The molecule has 0 unspecified atom stereocenters. The number of nitrogen functional groups attached to an aromatic ring is 1. The van der Waals surface area contributed by atoms with Crippen LogP contribution < -0.4 is 10.6 Å². The standard InChI is InChI=1S/C45H32N4S/c46-39-16-8-9-17-40(39)48(33-13-5-2-6-14-33)29-30-19-21-34(22-20-30)49-42-25-31-23-24-47(32-11-3-1-4-12-32)41(31)27-37(42)36-26-38-35-15-7-10-18-44(35)50-45(38)28-43(36)49/h1-28H,29,46H2. The second-order valence-corrected chi connectivity index (χ2v) is 14.0. The Balaban J connectivity index is 1.15. The molecule has 4 nitrogen and oxygen atoms in total. The summed E-state index contributed by atoms with van der Waals surface area (Å²) in [5.74, 6) is 0. The van der Waals surface area contributed by atoms with Crippen LogP contribution in [-0.2, 0) is 6.54 Å². The van der Waals surface area contributed by atoms with Gasteiger partial charge >= 0.3 is 0 Å². The first-order valence-corrected chi connectivity index (χ1v) is 17.7. The molecule has 7 aromatic carbocycles. The molecule has 50 heavy (non-hydrogen) atoms. The van der Waals surface area contributed by atoms with Crippen LogP contribution in [0.1, 0.15) is 5.56 Å². The Labute approximate surface area is 293 Å². The van der Waals surface area contributed by atoms with E-state index in [9.17, 15) is 0 Å². The van der Waals surface area contributed by atoms with Gasteiger partial charge in [-0.3, -0.25) is 0 Å². The molecular formula is C45H32N4S. The van der Waals surface area contributed by atoms with Crippen molar-refractivity contribution in [2.24, 2.45) is 0 Å². The first kappa shape index (κ1) is 28.7. The van der Waals surface area contributed by atoms with Crippen LogP contribution in [0.25, 0.3) is 64.3 Å². The average Bonchev–Trinajstić information content (AvgIpc) is 3.84. The Morgan fingerprint density at radius 2 is 1.22 bits per heavy atom. The number of benzene rings is 7. The molecule has 0 radical (unpaired) electrons. The monoisotopic (exact) mass is 660 g/mol. The summed E-state index contributed by atoms with van der Waals surface area (Å²) in [6, 6.07) is 58.7. The molecule has 238 valence electrons. The second kappa shape index (κ2) is 11.4. The maximum absolute atomic E-state index is 6.50. The number of rotatable bonds is 6. The average molecular weight is 661 g/mol. The zero-order valence-electron chi connectivity index (χ0n) is 27.2. The first-order chi connectivity index (χ1) is 24.7. The van der Waals surface area contributed by atoms with Gasteiger partial charge in [-0.05, 0) is 90.5 Å². The predicted molar refractivity (Wildman–Crippen MR) is 214 cm³/mol. The van der Waals surface area contributed by atoms with Crippen molar-refractivity contribution in [1.29, 1.82) is 0 Å². The third-order valence-corrected chi connectivity index (χ3v) is 11.1. The van der Waals surface area contributed by atoms with E-state index in [1.165, 1.54) is 58.4 Å². The first-order valence-electron chi connectivity index (χ1n) is 16.9. The number of anilines is 3. The van der Waals surface area contributed by atoms with Gasteiger partial charge in [0.25, 0.3) is 0 Å². The molecule has 5 heteroatoms. The molecule has 0 bridgehead atoms. The molecule has 0 saturated heterocycles. The molecule has 0 aliphatic heterocycles. The molecule has 10 rings (SSSR count). The third-order valence-electron chi connectivity index (χ3n) is 9.94. The highest BCUT2D eigenvalue weighted by atomic mass is 32.1. The van der Waals surface area contributed by atoms with Gasteiger partial charge in [-0.1, -0.05) is 78.9 Å². The van der Waals surface area contributed by atoms with E-state index in [0.29, 0.717) is 6.54 Å². The number of nitrogens with zero attached hydrogens (tertiary/aromatic N) is 3. The highest BCUT2D eigenvalue weighted by molar-refractivity contribution is 7.25. The quantitative estimate of drug-likeness (QED) is 0.180. The zero-order chi connectivity index (χ0) is 33.2. The van der Waals surface area contributed by atoms with Gasteiger partial charge in [0.05, 0.1) is 27.9 Å². The topological polar surface area (TPSA) is 39.1 Å². The SMILES string of the molecule is Nc1ccccc1N(Cc1ccc(-n2c3cc4ccn(-c5ccccc5)c4cc3c3cc4c(cc32)sc2ccccc24)cc1)c1ccccc1. The maximum Gasteiger partial charge on any atom is 0.0647 e. The summed E-state index contributed by atoms with van der Waals surface area (Å²) in [6.45, 7) is 0.696. The van der Waals surface area contributed by atoms with Gasteiger partial charge in [0, 0.05) is 66.1 Å². The fourth-order valence-electron chi connectivity index (χ4n) is 7.54. The number of fused-ring (bicyclic) bond motifs is 7. The van der Waals surface area contributed by atoms with Crippen molar-refractivity contribution in [1.82, 2.24) is 9.13 Å². The fraction of sp³-hybridized carbons (Fsp3) is 0.0222. The number of para-hydroxylation sites is 4. The van der Waals surface area contributed by atoms with Crippen LogP contribution in [0.15, 0.2) is 170 Å². The van der Waals surface area contributed by atoms with Crippen molar-refractivity contribution in [3.8, 4) is 11.4 Å². The van der Waals surface area contributed by atoms with E-state index >= 15 is 0 Å². The van der Waals surface area contributed by atoms with Crippen LogP contribution in [0.5, 0.6) is 0 Å². The Morgan fingerprint density at radius 1 is 0.520 bits per heavy atom. The summed E-state index contributed by atoms with van der Waals surface area (Å²) < 4.78 is 7.36. The molecule has 0 atom stereocenters. The Bertz CT molecular complexity index is 2840. The fourth-order valence-corrected chi connectivity index (χ4v) is 8.66. The van der Waals surface area contributed by atoms with Crippen LogP contribution in [0.2, 0.25) is 0 Å². The minimum absolute atomic E-state index is 0.696. The minimum atomic E-state index is 0.696. The highest BCUT2D eigenvalue weighted by Crippen LogP contribution is 2.42. The van der Waals surface area contributed by atoms with Crippen molar-refractivity contribution in [3.05, 3.63) is 176 Å². The summed E-state index contributed by atoms with van der Waals surface area (Å²) in [5, 5.41) is 6.35. The van der Waals surface area contributed by atoms with Gasteiger partial charge in [-0.15, -0.1) is 11.3 Å². The van der Waals surface area contributed by atoms with Gasteiger partial charge < -0.3 is 19.8 Å². The lowest BCUT2D eigenvalue weighted by molar-refractivity contribution is 0.975. The smallest absolute Gasteiger partial charge is 0.0647 e. The van der Waals surface area contributed by atoms with Crippen LogP contribution in [0.3, 0.4) is 0 Å². The number of nitrogens with two attached hydrogens (primary N) is 1. The van der Waals surface area contributed by atoms with E-state index in [0.717, 1.165) is 28.4 Å². The molecule has 10 aromatic rings. The van der Waals surface area contributed by atoms with Gasteiger partial charge in [0.15, 0.2) is 0 Å². The molecule has 3 aromatic heterocycles. The van der Waals surface area contributed by atoms with E-state index in [2.05, 4.69) is 160 Å². The van der Waals surface area contributed by atoms with E-state index < -0.39 is 0 Å². The van der Waals surface area contributed by atoms with E-state index in [1.54, 1.807) is 0 Å². The maximum atomic E-state index is 6.50. The highest BCUT2D eigenvalue weighted by Gasteiger charge is 2.19. The molecule has 0 aliphatic rings. The van der Waals surface area contributed by atoms with Crippen molar-refractivity contribution < 1.29 is 0 Å². The lowest BCUT2D eigenvalue weighted by Crippen LogP contribution is -2.17. The molecule has 0 amide bonds. The van der Waals surface area contributed by atoms with Crippen molar-refractivity contribution in [3.63, 3.8) is 0 Å². The third kappa shape index (κ3) is 4.59. The summed E-state index contributed by atoms with van der Waals surface area (Å²) in [6.07, 6.45) is 2.18. The van der Waals surface area contributed by atoms with Crippen molar-refractivity contribution >= 4 is 81.3 Å². The zero-order valence-corrected chi connectivity index (χ0v) is 28.0. The number of thiophene rings is 1. The molecular weight excluding hydrogens is 629 g/mol. The molecule has 0 saturated carbocycles. The summed E-state index contributed by atoms with van der Waals surface area (Å²) >= 11 is 1.87. The second-order valence-electron chi connectivity index (χ2n) is 12.9. The Morgan fingerprint density at radius 3 is 2.04 bits per heavy atom. The molecule has 2 N–H and O–H groups in total. The summed E-state index contributed by atoms with van der Waals surface area (Å²) in [5.41, 5.74) is 16.5. The van der Waals surface area contributed by atoms with Crippen LogP contribution in [0.4, 0.5) is 17.1 Å². The van der Waals surface area contributed by atoms with Gasteiger partial charge in [-0.2, -0.15) is 0 Å². The van der Waals surface area contributed by atoms with E-state index in [-0.39, 0.29) is 0 Å². The molecule has 0 fully saturated rings. The van der Waals surface area contributed by atoms with Crippen molar-refractivity contribution in [2.45, 2.75) is 6.54 Å². The summed E-state index contributed by atoms with van der Waals surface area (Å²) in [7, 11) is 0. The lowest BCUT2D eigenvalue weighted by Gasteiger charge is -2.26. The van der Waals surface area contributed by atoms with Gasteiger partial charge in [0.2, 0.25) is 0 Å². The predicted octanol–water partition coefficient (Wildman–Crippen LogP) is 12.0. The van der Waals surface area contributed by atoms with Crippen LogP contribution >= 0.6 is 11.3 Å². The molecule has 0 spiro atoms. The number of aromatic nitrogens is 2. The van der Waals surface area contributed by atoms with E-state index in [4.69, 9.17) is 5.73 Å². The largest absolute Gasteiger partial charge is 0.397 e. The molecule has 0 aliphatic carbocycles. The normalized spacial score (nSPS) is 11.8. The minimum Gasteiger partial charge on any atom is -0.397 e. The Hall–Kier alpha value is -6.30. The van der Waals surface area contributed by atoms with Gasteiger partial charge in [-0.25, -0.2) is 0 Å². The van der Waals surface area contributed by atoms with Crippen molar-refractivity contribution in [2.75, 3.05) is 10.6 Å². The number of hydrogen-bond donors (Lipinski definition) is 1. The van der Waals surface area contributed by atoms with E-state index in [1.807, 2.05) is 35.6 Å².